The Morgan fingerprint density at radius 3 is 1.73 bits per heavy atom. The maximum atomic E-state index is 15.4. The monoisotopic (exact) mass is 1430 g/mol. The minimum absolute atomic E-state index is 0.0229. The molecule has 0 saturated carbocycles. The molecular weight excluding hydrogens is 1350 g/mol. The van der Waals surface area contributed by atoms with Gasteiger partial charge in [0.15, 0.2) is 36.8 Å². The maximum Gasteiger partial charge on any atom is 0.366 e. The molecule has 8 rings (SSSR count). The number of carbonyl (C=O) groups excluding carboxylic acids is 13. The molecule has 0 unspecified atom stereocenters. The highest BCUT2D eigenvalue weighted by atomic mass is 32.2. The highest BCUT2D eigenvalue weighted by Crippen LogP contribution is 2.46. The lowest BCUT2D eigenvalue weighted by Crippen LogP contribution is -2.73. The van der Waals surface area contributed by atoms with Gasteiger partial charge < -0.3 is 71.1 Å². The van der Waals surface area contributed by atoms with Crippen molar-refractivity contribution < 1.29 is 133 Å². The number of thioether (sulfide) groups is 1. The number of fused-ring (bicyclic) bond motifs is 2. The Hall–Kier alpha value is -9.24. The van der Waals surface area contributed by atoms with E-state index in [4.69, 9.17) is 71.1 Å². The molecular formula is C70H80N2O28S. The van der Waals surface area contributed by atoms with E-state index in [0.29, 0.717) is 15.4 Å². The van der Waals surface area contributed by atoms with Crippen molar-refractivity contribution in [1.82, 2.24) is 9.80 Å². The highest BCUT2D eigenvalue weighted by molar-refractivity contribution is 7.99. The van der Waals surface area contributed by atoms with Crippen molar-refractivity contribution in [2.24, 2.45) is 5.41 Å². The van der Waals surface area contributed by atoms with Gasteiger partial charge in [-0.1, -0.05) is 78.5 Å². The number of hydrogen-bond donors (Lipinski definition) is 0. The Kier molecular flexibility index (Phi) is 25.7. The fourth-order valence-electron chi connectivity index (χ4n) is 12.3. The van der Waals surface area contributed by atoms with Crippen LogP contribution in [0.25, 0.3) is 10.8 Å². The molecule has 0 aliphatic carbocycles. The zero-order chi connectivity index (χ0) is 73.9. The summed E-state index contributed by atoms with van der Waals surface area (Å²) in [7, 11) is 0.828. The number of esters is 9. The summed E-state index contributed by atoms with van der Waals surface area (Å²) in [4.78, 5) is 183. The quantitative estimate of drug-likeness (QED) is 0.0467. The van der Waals surface area contributed by atoms with Crippen LogP contribution in [0, 0.1) is 5.41 Å². The number of methoxy groups -OCH3 is 1. The molecule has 4 amide bonds. The first-order valence-electron chi connectivity index (χ1n) is 32.0. The van der Waals surface area contributed by atoms with Crippen molar-refractivity contribution in [3.8, 4) is 0 Å². The number of imide groups is 2. The van der Waals surface area contributed by atoms with Crippen LogP contribution >= 0.6 is 11.8 Å². The van der Waals surface area contributed by atoms with Crippen molar-refractivity contribution in [3.63, 3.8) is 0 Å². The van der Waals surface area contributed by atoms with Crippen LogP contribution in [0.3, 0.4) is 0 Å². The molecule has 4 aliphatic rings. The van der Waals surface area contributed by atoms with E-state index in [-0.39, 0.29) is 17.7 Å². The zero-order valence-corrected chi connectivity index (χ0v) is 58.5. The minimum Gasteiger partial charge on any atom is -0.465 e. The molecule has 0 aromatic heterocycles. The van der Waals surface area contributed by atoms with Gasteiger partial charge in [-0.25, -0.2) is 4.79 Å². The Morgan fingerprint density at radius 1 is 0.604 bits per heavy atom. The van der Waals surface area contributed by atoms with E-state index in [0.717, 1.165) is 96.9 Å². The van der Waals surface area contributed by atoms with Gasteiger partial charge in [0.2, 0.25) is 11.8 Å². The van der Waals surface area contributed by atoms with E-state index < -0.39 is 206 Å². The van der Waals surface area contributed by atoms with Crippen molar-refractivity contribution in [3.05, 3.63) is 114 Å². The summed E-state index contributed by atoms with van der Waals surface area (Å²) in [6, 6.07) is 24.0. The molecule has 16 atom stereocenters. The number of benzene rings is 4. The van der Waals surface area contributed by atoms with Gasteiger partial charge in [-0.15, -0.1) is 0 Å². The van der Waals surface area contributed by atoms with E-state index in [1.807, 2.05) is 42.5 Å². The molecule has 4 aromatic rings. The summed E-state index contributed by atoms with van der Waals surface area (Å²) in [5.41, 5.74) is -1.98. The van der Waals surface area contributed by atoms with Crippen LogP contribution in [0.4, 0.5) is 0 Å². The van der Waals surface area contributed by atoms with Crippen LogP contribution in [-0.4, -0.2) is 211 Å². The molecule has 30 nitrogen and oxygen atoms in total. The Balaban J connectivity index is 1.37. The van der Waals surface area contributed by atoms with Gasteiger partial charge in [-0.2, -0.15) is 0 Å². The van der Waals surface area contributed by atoms with Gasteiger partial charge in [0.05, 0.1) is 43.3 Å². The predicted molar refractivity (Wildman–Crippen MR) is 345 cm³/mol. The third-order valence-corrected chi connectivity index (χ3v) is 17.4. The molecule has 4 aromatic carbocycles. The van der Waals surface area contributed by atoms with Gasteiger partial charge >= 0.3 is 53.7 Å². The molecule has 0 N–H and O–H groups in total. The molecule has 0 radical (unpaired) electrons. The first-order valence-corrected chi connectivity index (χ1v) is 32.9. The van der Waals surface area contributed by atoms with E-state index in [1.165, 1.54) is 32.9 Å². The number of carbonyl (C=O) groups is 13. The number of rotatable bonds is 25. The van der Waals surface area contributed by atoms with Crippen molar-refractivity contribution >= 4 is 99.9 Å². The standard InChI is InChI=1S/C70H80N2O28S/c1-35(73)71(36(2)74)54-50(90-38(4)76)30-70(68(85)86-13,99-60(54)57(92-40(6)78)52(91-39(5)77)33-88-37(3)75)100-61-58(93-41(7)79)53(34-89-67(84)69(10,11)12)96-65(62(61)95-43(9)81)98-56-51(32-87-31-44-27-28-45-21-17-18-22-46(45)29-44)97-66(101-47-23-15-14-16-24-47)55(59(56)94-42(8)80)72-63(82)48-25-19-20-26-49(48)64(72)83/h14-29,50-62,65-66H,30-34H2,1-13H3/t50-,51+,52+,53+,54+,55+,56+,57+,58-,59+,60+,61-,62+,65-,66-,70-/m0/s1. The van der Waals surface area contributed by atoms with Crippen LogP contribution in [-0.2, 0) is 130 Å². The second-order valence-corrected chi connectivity index (χ2v) is 26.3. The van der Waals surface area contributed by atoms with Crippen molar-refractivity contribution in [1.29, 1.82) is 0 Å². The predicted octanol–water partition coefficient (Wildman–Crippen LogP) is 5.20. The minimum atomic E-state index is -3.31. The lowest BCUT2D eigenvalue weighted by atomic mass is 9.86. The second-order valence-electron chi connectivity index (χ2n) is 25.1. The third-order valence-electron chi connectivity index (χ3n) is 16.3. The highest BCUT2D eigenvalue weighted by Gasteiger charge is 2.66. The molecule has 0 bridgehead atoms. The fourth-order valence-corrected chi connectivity index (χ4v) is 13.5. The van der Waals surface area contributed by atoms with E-state index in [9.17, 15) is 57.5 Å². The Bertz CT molecular complexity index is 3740. The SMILES string of the molecule is COC(=O)[C@@]1(O[C@H]2[C@@H](OC(C)=O)[C@@H](COC(=O)C(C)(C)C)O[C@@H](O[C@H]3[C@H](OC(C)=O)[C@@H](N4C(=O)c5ccccc5C4=O)[C@H](Sc4ccccc4)O[C@@H]3COCc3ccc4ccccc4c3)[C@@H]2OC(C)=O)C[C@H](OC(C)=O)[C@@H](N(C(C)=O)C(C)=O)[C@H]([C@H](OC(C)=O)[C@@H](COC(C)=O)OC(C)=O)O1. The average molecular weight is 1430 g/mol. The molecule has 4 heterocycles. The molecule has 31 heteroatoms. The fraction of sp³-hybridized carbons (Fsp3) is 0.500. The summed E-state index contributed by atoms with van der Waals surface area (Å²) in [6.45, 7) is 10.4. The summed E-state index contributed by atoms with van der Waals surface area (Å²) in [6.07, 6.45) is -26.0. The number of ether oxygens (including phenoxy) is 15. The molecule has 4 aliphatic heterocycles. The van der Waals surface area contributed by atoms with Crippen molar-refractivity contribution in [2.45, 2.75) is 198 Å². The number of amides is 4. The summed E-state index contributed by atoms with van der Waals surface area (Å²) < 4.78 is 93.2. The largest absolute Gasteiger partial charge is 0.465 e. The van der Waals surface area contributed by atoms with Gasteiger partial charge in [0, 0.05) is 67.2 Å². The van der Waals surface area contributed by atoms with Crippen LogP contribution in [0.5, 0.6) is 0 Å². The smallest absolute Gasteiger partial charge is 0.366 e. The van der Waals surface area contributed by atoms with Gasteiger partial charge in [-0.3, -0.25) is 67.3 Å². The zero-order valence-electron chi connectivity index (χ0n) is 57.7. The third kappa shape index (κ3) is 18.9. The molecule has 3 fully saturated rings. The van der Waals surface area contributed by atoms with Crippen LogP contribution < -0.4 is 0 Å². The normalized spacial score (nSPS) is 26.1. The Morgan fingerprint density at radius 2 is 1.17 bits per heavy atom. The van der Waals surface area contributed by atoms with E-state index in [1.54, 1.807) is 42.5 Å². The lowest BCUT2D eigenvalue weighted by Gasteiger charge is -2.53. The summed E-state index contributed by atoms with van der Waals surface area (Å²) >= 11 is 1.04. The van der Waals surface area contributed by atoms with Gasteiger partial charge in [-0.05, 0) is 67.4 Å². The van der Waals surface area contributed by atoms with E-state index in [2.05, 4.69) is 0 Å². The average Bonchev–Trinajstić information content (AvgIpc) is 1.69. The van der Waals surface area contributed by atoms with Crippen LogP contribution in [0.2, 0.25) is 0 Å². The number of hydrogen-bond acceptors (Lipinski definition) is 29. The van der Waals surface area contributed by atoms with Gasteiger partial charge in [0.1, 0.15) is 67.4 Å². The summed E-state index contributed by atoms with van der Waals surface area (Å²) in [5.74, 6) is -17.4. The Labute approximate surface area is 584 Å². The number of nitrogens with zero attached hydrogens (tertiary/aromatic N) is 2. The first kappa shape index (κ1) is 77.5. The van der Waals surface area contributed by atoms with E-state index >= 15 is 4.79 Å². The molecule has 0 spiro atoms. The summed E-state index contributed by atoms with van der Waals surface area (Å²) in [5, 5.41) is 1.79. The lowest BCUT2D eigenvalue weighted by molar-refractivity contribution is -0.382. The van der Waals surface area contributed by atoms with Crippen LogP contribution in [0.15, 0.2) is 102 Å². The maximum absolute atomic E-state index is 15.4. The van der Waals surface area contributed by atoms with Crippen LogP contribution in [0.1, 0.15) is 116 Å². The van der Waals surface area contributed by atoms with Crippen molar-refractivity contribution in [2.75, 3.05) is 26.9 Å². The molecule has 101 heavy (non-hydrogen) atoms. The first-order chi connectivity index (χ1) is 47.7. The molecule has 544 valence electrons. The second kappa shape index (κ2) is 33.5. The molecule has 3 saturated heterocycles. The topological polar surface area (TPSA) is 367 Å². The van der Waals surface area contributed by atoms with Gasteiger partial charge in [0.25, 0.3) is 17.6 Å².